The Morgan fingerprint density at radius 2 is 2.50 bits per heavy atom. The Morgan fingerprint density at radius 3 is 2.90 bits per heavy atom. The van der Waals surface area contributed by atoms with Crippen molar-refractivity contribution in [1.29, 1.82) is 0 Å². The first-order chi connectivity index (χ1) is 4.75. The molecule has 1 atom stereocenters. The van der Waals surface area contributed by atoms with Gasteiger partial charge in [-0.25, -0.2) is 4.98 Å². The van der Waals surface area contributed by atoms with Gasteiger partial charge in [0, 0.05) is 10.9 Å². The molecule has 3 heteroatoms. The number of H-pyrrole nitrogens is 1. The summed E-state index contributed by atoms with van der Waals surface area (Å²) >= 11 is 4.37. The second-order valence-corrected chi connectivity index (χ2v) is 2.96. The molecule has 0 saturated heterocycles. The fourth-order valence-corrected chi connectivity index (χ4v) is 1.16. The summed E-state index contributed by atoms with van der Waals surface area (Å²) in [4.78, 5) is 7.18. The van der Waals surface area contributed by atoms with Crippen LogP contribution < -0.4 is 0 Å². The van der Waals surface area contributed by atoms with E-state index in [1.807, 2.05) is 6.92 Å². The maximum Gasteiger partial charge on any atom is 0.0925 e. The Labute approximate surface area is 66.5 Å². The molecule has 1 heterocycles. The highest BCUT2D eigenvalue weighted by Gasteiger charge is 2.08. The number of imidazole rings is 1. The summed E-state index contributed by atoms with van der Waals surface area (Å²) in [5.41, 5.74) is 2.20. The third-order valence-corrected chi connectivity index (χ3v) is 2.18. The summed E-state index contributed by atoms with van der Waals surface area (Å²) in [5, 5.41) is 0.284. The second kappa shape index (κ2) is 3.10. The Bertz CT molecular complexity index is 207. The number of aromatic nitrogens is 2. The van der Waals surface area contributed by atoms with E-state index in [1.54, 1.807) is 6.33 Å². The lowest BCUT2D eigenvalue weighted by Gasteiger charge is -2.03. The van der Waals surface area contributed by atoms with E-state index in [1.165, 1.54) is 0 Å². The molecule has 0 spiro atoms. The minimum Gasteiger partial charge on any atom is -0.348 e. The van der Waals surface area contributed by atoms with Crippen molar-refractivity contribution in [3.63, 3.8) is 0 Å². The highest BCUT2D eigenvalue weighted by molar-refractivity contribution is 7.80. The average molecular weight is 156 g/mol. The van der Waals surface area contributed by atoms with Crippen LogP contribution >= 0.6 is 12.6 Å². The first-order valence-corrected chi connectivity index (χ1v) is 3.95. The van der Waals surface area contributed by atoms with Gasteiger partial charge in [-0.15, -0.1) is 0 Å². The number of nitrogens with one attached hydrogen (secondary N) is 1. The number of hydrogen-bond donors (Lipinski definition) is 2. The largest absolute Gasteiger partial charge is 0.348 e. The van der Waals surface area contributed by atoms with Gasteiger partial charge in [0.25, 0.3) is 0 Å². The monoisotopic (exact) mass is 156 g/mol. The van der Waals surface area contributed by atoms with Crippen LogP contribution in [0.3, 0.4) is 0 Å². The average Bonchev–Trinajstić information content (AvgIpc) is 2.34. The zero-order valence-corrected chi connectivity index (χ0v) is 7.15. The van der Waals surface area contributed by atoms with Crippen LogP contribution in [-0.4, -0.2) is 9.97 Å². The van der Waals surface area contributed by atoms with E-state index in [0.717, 1.165) is 17.8 Å². The lowest BCUT2D eigenvalue weighted by atomic mass is 10.2. The van der Waals surface area contributed by atoms with Crippen molar-refractivity contribution < 1.29 is 0 Å². The fraction of sp³-hybridized carbons (Fsp3) is 0.571. The fourth-order valence-electron chi connectivity index (χ4n) is 0.899. The van der Waals surface area contributed by atoms with E-state index in [0.29, 0.717) is 0 Å². The van der Waals surface area contributed by atoms with Crippen LogP contribution in [0.5, 0.6) is 0 Å². The predicted molar refractivity (Wildman–Crippen MR) is 45.3 cm³/mol. The molecule has 0 radical (unpaired) electrons. The van der Waals surface area contributed by atoms with Crippen molar-refractivity contribution in [2.75, 3.05) is 0 Å². The third kappa shape index (κ3) is 1.34. The maximum absolute atomic E-state index is 4.37. The van der Waals surface area contributed by atoms with E-state index >= 15 is 0 Å². The molecule has 0 aliphatic rings. The normalized spacial score (nSPS) is 13.5. The molecule has 0 saturated carbocycles. The standard InChI is InChI=1S/C7H12N2S/c1-3-6(10)7-5(2)8-4-9-7/h4,6,10H,3H2,1-2H3,(H,8,9). The van der Waals surface area contributed by atoms with Gasteiger partial charge < -0.3 is 4.98 Å². The van der Waals surface area contributed by atoms with E-state index in [4.69, 9.17) is 0 Å². The van der Waals surface area contributed by atoms with Crippen LogP contribution in [0.1, 0.15) is 30.0 Å². The Morgan fingerprint density at radius 1 is 1.80 bits per heavy atom. The molecule has 0 aromatic carbocycles. The number of aromatic amines is 1. The summed E-state index contributed by atoms with van der Waals surface area (Å²) in [5.74, 6) is 0. The van der Waals surface area contributed by atoms with Crippen molar-refractivity contribution in [1.82, 2.24) is 9.97 Å². The smallest absolute Gasteiger partial charge is 0.0925 e. The number of rotatable bonds is 2. The van der Waals surface area contributed by atoms with Crippen molar-refractivity contribution in [2.45, 2.75) is 25.5 Å². The molecule has 1 unspecified atom stereocenters. The first kappa shape index (κ1) is 7.66. The zero-order valence-electron chi connectivity index (χ0n) is 6.26. The number of aryl methyl sites for hydroxylation is 1. The van der Waals surface area contributed by atoms with E-state index in [9.17, 15) is 0 Å². The highest BCUT2D eigenvalue weighted by Crippen LogP contribution is 2.22. The molecular formula is C7H12N2S. The van der Waals surface area contributed by atoms with Gasteiger partial charge in [0.1, 0.15) is 0 Å². The van der Waals surface area contributed by atoms with Crippen molar-refractivity contribution in [2.24, 2.45) is 0 Å². The molecule has 1 N–H and O–H groups in total. The van der Waals surface area contributed by atoms with Crippen molar-refractivity contribution in [3.8, 4) is 0 Å². The highest BCUT2D eigenvalue weighted by atomic mass is 32.1. The van der Waals surface area contributed by atoms with Gasteiger partial charge in [-0.1, -0.05) is 6.92 Å². The summed E-state index contributed by atoms with van der Waals surface area (Å²) in [7, 11) is 0. The Balaban J connectivity index is 2.82. The molecule has 1 aromatic heterocycles. The van der Waals surface area contributed by atoms with Crippen LogP contribution in [0.4, 0.5) is 0 Å². The van der Waals surface area contributed by atoms with Gasteiger partial charge in [-0.05, 0) is 13.3 Å². The lowest BCUT2D eigenvalue weighted by Crippen LogP contribution is -1.90. The van der Waals surface area contributed by atoms with E-state index in [2.05, 4.69) is 29.5 Å². The Kier molecular flexibility index (Phi) is 2.38. The lowest BCUT2D eigenvalue weighted by molar-refractivity contribution is 0.864. The van der Waals surface area contributed by atoms with Crippen LogP contribution in [0.25, 0.3) is 0 Å². The number of nitrogens with zero attached hydrogens (tertiary/aromatic N) is 1. The molecule has 0 aliphatic heterocycles. The van der Waals surface area contributed by atoms with Crippen LogP contribution in [-0.2, 0) is 0 Å². The molecule has 2 nitrogen and oxygen atoms in total. The van der Waals surface area contributed by atoms with Gasteiger partial charge in [0.15, 0.2) is 0 Å². The van der Waals surface area contributed by atoms with Gasteiger partial charge >= 0.3 is 0 Å². The first-order valence-electron chi connectivity index (χ1n) is 3.43. The van der Waals surface area contributed by atoms with Crippen molar-refractivity contribution in [3.05, 3.63) is 17.7 Å². The van der Waals surface area contributed by atoms with Gasteiger partial charge in [-0.3, -0.25) is 0 Å². The SMILES string of the molecule is CCC(S)c1nc[nH]c1C. The van der Waals surface area contributed by atoms with Crippen LogP contribution in [0.2, 0.25) is 0 Å². The quantitative estimate of drug-likeness (QED) is 0.631. The molecule has 0 fully saturated rings. The summed E-state index contributed by atoms with van der Waals surface area (Å²) in [6.45, 7) is 4.12. The Hall–Kier alpha value is -0.440. The molecule has 0 bridgehead atoms. The molecule has 1 rings (SSSR count). The molecule has 0 amide bonds. The second-order valence-electron chi connectivity index (χ2n) is 2.34. The molecule has 10 heavy (non-hydrogen) atoms. The molecule has 56 valence electrons. The van der Waals surface area contributed by atoms with E-state index < -0.39 is 0 Å². The van der Waals surface area contributed by atoms with E-state index in [-0.39, 0.29) is 5.25 Å². The number of hydrogen-bond acceptors (Lipinski definition) is 2. The molecule has 0 aliphatic carbocycles. The predicted octanol–water partition coefficient (Wildman–Crippen LogP) is 2.10. The summed E-state index contributed by atoms with van der Waals surface area (Å²) in [6.07, 6.45) is 2.73. The topological polar surface area (TPSA) is 28.7 Å². The molecule has 1 aromatic rings. The minimum absolute atomic E-state index is 0.284. The third-order valence-electron chi connectivity index (χ3n) is 1.57. The zero-order chi connectivity index (χ0) is 7.56. The van der Waals surface area contributed by atoms with Crippen molar-refractivity contribution >= 4 is 12.6 Å². The number of thiol groups is 1. The van der Waals surface area contributed by atoms with Crippen LogP contribution in [0, 0.1) is 6.92 Å². The van der Waals surface area contributed by atoms with Crippen LogP contribution in [0.15, 0.2) is 6.33 Å². The maximum atomic E-state index is 4.37. The van der Waals surface area contributed by atoms with Gasteiger partial charge in [0.05, 0.1) is 12.0 Å². The van der Waals surface area contributed by atoms with Gasteiger partial charge in [0.2, 0.25) is 0 Å². The minimum atomic E-state index is 0.284. The summed E-state index contributed by atoms with van der Waals surface area (Å²) < 4.78 is 0. The molecular weight excluding hydrogens is 144 g/mol. The summed E-state index contributed by atoms with van der Waals surface area (Å²) in [6, 6.07) is 0. The van der Waals surface area contributed by atoms with Gasteiger partial charge in [-0.2, -0.15) is 12.6 Å².